The highest BCUT2D eigenvalue weighted by Gasteiger charge is 2.15. The summed E-state index contributed by atoms with van der Waals surface area (Å²) in [6, 6.07) is 3.58. The van der Waals surface area contributed by atoms with Gasteiger partial charge in [-0.1, -0.05) is 13.8 Å². The number of rotatable bonds is 4. The van der Waals surface area contributed by atoms with Crippen molar-refractivity contribution in [3.8, 4) is 11.4 Å². The van der Waals surface area contributed by atoms with Crippen LogP contribution in [0, 0.1) is 17.6 Å². The van der Waals surface area contributed by atoms with Crippen molar-refractivity contribution >= 4 is 0 Å². The van der Waals surface area contributed by atoms with Crippen molar-refractivity contribution in [2.24, 2.45) is 5.92 Å². The Morgan fingerprint density at radius 3 is 2.53 bits per heavy atom. The standard InChI is InChI=1S/C13H15F2N3O/c1-8(2)6-18-12(7-19)16-17-13(18)9-3-4-10(14)11(15)5-9/h3-5,8,19H,6-7H2,1-2H3. The summed E-state index contributed by atoms with van der Waals surface area (Å²) in [4.78, 5) is 0. The third-order valence-electron chi connectivity index (χ3n) is 2.69. The topological polar surface area (TPSA) is 50.9 Å². The molecule has 0 saturated carbocycles. The number of aliphatic hydroxyl groups excluding tert-OH is 1. The van der Waals surface area contributed by atoms with Crippen LogP contribution in [0.4, 0.5) is 8.78 Å². The van der Waals surface area contributed by atoms with E-state index >= 15 is 0 Å². The van der Waals surface area contributed by atoms with E-state index in [-0.39, 0.29) is 6.61 Å². The second-order valence-corrected chi connectivity index (χ2v) is 4.73. The molecule has 2 rings (SSSR count). The molecular weight excluding hydrogens is 252 g/mol. The van der Waals surface area contributed by atoms with E-state index < -0.39 is 11.6 Å². The minimum Gasteiger partial charge on any atom is -0.388 e. The normalized spacial score (nSPS) is 11.3. The highest BCUT2D eigenvalue weighted by molar-refractivity contribution is 5.55. The molecule has 4 nitrogen and oxygen atoms in total. The summed E-state index contributed by atoms with van der Waals surface area (Å²) in [6.45, 7) is 4.37. The molecule has 6 heteroatoms. The van der Waals surface area contributed by atoms with Crippen LogP contribution in [0.3, 0.4) is 0 Å². The molecule has 0 amide bonds. The zero-order valence-corrected chi connectivity index (χ0v) is 10.8. The predicted octanol–water partition coefficient (Wildman–Crippen LogP) is 2.37. The smallest absolute Gasteiger partial charge is 0.164 e. The number of aromatic nitrogens is 3. The lowest BCUT2D eigenvalue weighted by molar-refractivity contribution is 0.262. The second kappa shape index (κ2) is 5.44. The molecule has 0 aliphatic rings. The van der Waals surface area contributed by atoms with E-state index in [0.717, 1.165) is 12.1 Å². The van der Waals surface area contributed by atoms with Crippen molar-refractivity contribution in [1.29, 1.82) is 0 Å². The van der Waals surface area contributed by atoms with Crippen molar-refractivity contribution in [3.05, 3.63) is 35.7 Å². The van der Waals surface area contributed by atoms with E-state index in [2.05, 4.69) is 10.2 Å². The highest BCUT2D eigenvalue weighted by atomic mass is 19.2. The maximum atomic E-state index is 13.3. The molecule has 2 aromatic rings. The monoisotopic (exact) mass is 267 g/mol. The van der Waals surface area contributed by atoms with Gasteiger partial charge in [-0.15, -0.1) is 10.2 Å². The Hall–Kier alpha value is -1.82. The first-order chi connectivity index (χ1) is 9.02. The molecule has 0 bridgehead atoms. The van der Waals surface area contributed by atoms with Crippen LogP contribution in [-0.2, 0) is 13.2 Å². The summed E-state index contributed by atoms with van der Waals surface area (Å²) in [5.74, 6) is -0.682. The van der Waals surface area contributed by atoms with Crippen molar-refractivity contribution < 1.29 is 13.9 Å². The number of benzene rings is 1. The molecule has 0 fully saturated rings. The summed E-state index contributed by atoms with van der Waals surface area (Å²) < 4.78 is 27.9. The zero-order valence-electron chi connectivity index (χ0n) is 10.8. The average Bonchev–Trinajstić information content (AvgIpc) is 2.75. The van der Waals surface area contributed by atoms with Crippen LogP contribution in [0.5, 0.6) is 0 Å². The number of hydrogen-bond donors (Lipinski definition) is 1. The van der Waals surface area contributed by atoms with E-state index in [9.17, 15) is 13.9 Å². The first-order valence-corrected chi connectivity index (χ1v) is 6.01. The molecular formula is C13H15F2N3O. The molecule has 0 unspecified atom stereocenters. The lowest BCUT2D eigenvalue weighted by atomic mass is 10.1. The van der Waals surface area contributed by atoms with Gasteiger partial charge in [0.2, 0.25) is 0 Å². The van der Waals surface area contributed by atoms with E-state index in [4.69, 9.17) is 0 Å². The number of nitrogens with zero attached hydrogens (tertiary/aromatic N) is 3. The molecule has 0 aliphatic carbocycles. The van der Waals surface area contributed by atoms with Crippen molar-refractivity contribution in [1.82, 2.24) is 14.8 Å². The van der Waals surface area contributed by atoms with Gasteiger partial charge in [0.25, 0.3) is 0 Å². The van der Waals surface area contributed by atoms with Crippen molar-refractivity contribution in [3.63, 3.8) is 0 Å². The zero-order chi connectivity index (χ0) is 14.0. The lowest BCUT2D eigenvalue weighted by Gasteiger charge is -2.11. The number of aliphatic hydroxyl groups is 1. The van der Waals surface area contributed by atoms with Gasteiger partial charge in [0.15, 0.2) is 23.3 Å². The molecule has 1 aromatic heterocycles. The first kappa shape index (κ1) is 13.6. The van der Waals surface area contributed by atoms with E-state index in [1.807, 2.05) is 13.8 Å². The van der Waals surface area contributed by atoms with Crippen LogP contribution in [0.25, 0.3) is 11.4 Å². The number of halogens is 2. The Bertz CT molecular complexity index is 581. The quantitative estimate of drug-likeness (QED) is 0.925. The minimum absolute atomic E-state index is 0.247. The van der Waals surface area contributed by atoms with Gasteiger partial charge in [-0.3, -0.25) is 0 Å². The van der Waals surface area contributed by atoms with Gasteiger partial charge in [0.1, 0.15) is 6.61 Å². The van der Waals surface area contributed by atoms with Gasteiger partial charge >= 0.3 is 0 Å². The molecule has 1 aromatic carbocycles. The van der Waals surface area contributed by atoms with Gasteiger partial charge in [-0.05, 0) is 24.1 Å². The molecule has 19 heavy (non-hydrogen) atoms. The van der Waals surface area contributed by atoms with E-state index in [1.54, 1.807) is 4.57 Å². The summed E-state index contributed by atoms with van der Waals surface area (Å²) >= 11 is 0. The maximum absolute atomic E-state index is 13.3. The third-order valence-corrected chi connectivity index (χ3v) is 2.69. The van der Waals surface area contributed by atoms with Crippen LogP contribution < -0.4 is 0 Å². The average molecular weight is 267 g/mol. The lowest BCUT2D eigenvalue weighted by Crippen LogP contribution is -2.10. The SMILES string of the molecule is CC(C)Cn1c(CO)nnc1-c1ccc(F)c(F)c1. The molecule has 1 N–H and O–H groups in total. The van der Waals surface area contributed by atoms with Gasteiger partial charge in [-0.2, -0.15) is 0 Å². The Labute approximate surface area is 109 Å². The predicted molar refractivity (Wildman–Crippen MR) is 66.1 cm³/mol. The highest BCUT2D eigenvalue weighted by Crippen LogP contribution is 2.22. The van der Waals surface area contributed by atoms with Gasteiger partial charge in [0, 0.05) is 12.1 Å². The fourth-order valence-corrected chi connectivity index (χ4v) is 1.86. The fourth-order valence-electron chi connectivity index (χ4n) is 1.86. The maximum Gasteiger partial charge on any atom is 0.164 e. The second-order valence-electron chi connectivity index (χ2n) is 4.73. The van der Waals surface area contributed by atoms with Crippen molar-refractivity contribution in [2.75, 3.05) is 0 Å². The molecule has 1 heterocycles. The van der Waals surface area contributed by atoms with Gasteiger partial charge < -0.3 is 9.67 Å². The summed E-state index contributed by atoms with van der Waals surface area (Å²) in [5, 5.41) is 17.0. The Kier molecular flexibility index (Phi) is 3.90. The molecule has 0 radical (unpaired) electrons. The molecule has 0 saturated heterocycles. The van der Waals surface area contributed by atoms with Crippen LogP contribution in [0.15, 0.2) is 18.2 Å². The van der Waals surface area contributed by atoms with Crippen molar-refractivity contribution in [2.45, 2.75) is 27.0 Å². The summed E-state index contributed by atoms with van der Waals surface area (Å²) in [5.41, 5.74) is 0.437. The Balaban J connectivity index is 2.48. The minimum atomic E-state index is -0.929. The van der Waals surface area contributed by atoms with Gasteiger partial charge in [-0.25, -0.2) is 8.78 Å². The van der Waals surface area contributed by atoms with E-state index in [1.165, 1.54) is 6.07 Å². The van der Waals surface area contributed by atoms with Gasteiger partial charge in [0.05, 0.1) is 0 Å². The molecule has 0 aliphatic heterocycles. The van der Waals surface area contributed by atoms with Crippen LogP contribution in [0.2, 0.25) is 0 Å². The summed E-state index contributed by atoms with van der Waals surface area (Å²) in [6.07, 6.45) is 0. The molecule has 0 spiro atoms. The van der Waals surface area contributed by atoms with Crippen LogP contribution in [-0.4, -0.2) is 19.9 Å². The molecule has 0 atom stereocenters. The Morgan fingerprint density at radius 2 is 1.95 bits per heavy atom. The number of hydrogen-bond acceptors (Lipinski definition) is 3. The van der Waals surface area contributed by atoms with E-state index in [0.29, 0.717) is 29.7 Å². The summed E-state index contributed by atoms with van der Waals surface area (Å²) in [7, 11) is 0. The van der Waals surface area contributed by atoms with Crippen LogP contribution >= 0.6 is 0 Å². The largest absolute Gasteiger partial charge is 0.388 e. The fraction of sp³-hybridized carbons (Fsp3) is 0.385. The third kappa shape index (κ3) is 2.78. The van der Waals surface area contributed by atoms with Crippen LogP contribution in [0.1, 0.15) is 19.7 Å². The first-order valence-electron chi connectivity index (χ1n) is 6.01. The molecule has 102 valence electrons. The Morgan fingerprint density at radius 1 is 1.21 bits per heavy atom.